The predicted molar refractivity (Wildman–Crippen MR) is 82.2 cm³/mol. The number of piperidine rings is 1. The van der Waals surface area contributed by atoms with E-state index in [1.165, 1.54) is 50.9 Å². The molecule has 2 heteroatoms. The number of rotatable bonds is 7. The number of benzene rings is 1. The smallest absolute Gasteiger partial charge is 0.0233 e. The van der Waals surface area contributed by atoms with Gasteiger partial charge in [-0.1, -0.05) is 37.3 Å². The molecule has 0 amide bonds. The van der Waals surface area contributed by atoms with E-state index >= 15 is 0 Å². The van der Waals surface area contributed by atoms with Gasteiger partial charge in [-0.3, -0.25) is 4.90 Å². The Morgan fingerprint density at radius 1 is 1.26 bits per heavy atom. The van der Waals surface area contributed by atoms with E-state index in [9.17, 15) is 0 Å². The molecule has 106 valence electrons. The summed E-state index contributed by atoms with van der Waals surface area (Å²) in [5.41, 5.74) is 1.45. The molecule has 0 radical (unpaired) electrons. The van der Waals surface area contributed by atoms with E-state index in [0.29, 0.717) is 0 Å². The van der Waals surface area contributed by atoms with Crippen LogP contribution in [0.2, 0.25) is 0 Å². The van der Waals surface area contributed by atoms with Crippen molar-refractivity contribution in [2.45, 2.75) is 39.2 Å². The minimum atomic E-state index is 0.913. The van der Waals surface area contributed by atoms with E-state index in [1.54, 1.807) is 0 Å². The van der Waals surface area contributed by atoms with Crippen molar-refractivity contribution in [3.8, 4) is 0 Å². The molecule has 1 fully saturated rings. The summed E-state index contributed by atoms with van der Waals surface area (Å²) in [5.74, 6) is 0.913. The minimum Gasteiger partial charge on any atom is -0.317 e. The summed E-state index contributed by atoms with van der Waals surface area (Å²) in [6.07, 6.45) is 5.52. The first-order chi connectivity index (χ1) is 9.38. The van der Waals surface area contributed by atoms with Gasteiger partial charge >= 0.3 is 0 Å². The molecule has 0 spiro atoms. The SMILES string of the molecule is CCNCCC[C@@H]1CCCN(Cc2ccccc2)C1. The zero-order valence-electron chi connectivity index (χ0n) is 12.3. The van der Waals surface area contributed by atoms with Crippen LogP contribution in [0.15, 0.2) is 30.3 Å². The Morgan fingerprint density at radius 3 is 2.89 bits per heavy atom. The van der Waals surface area contributed by atoms with Crippen molar-refractivity contribution in [3.05, 3.63) is 35.9 Å². The molecule has 1 heterocycles. The summed E-state index contributed by atoms with van der Waals surface area (Å²) in [4.78, 5) is 2.64. The largest absolute Gasteiger partial charge is 0.317 e. The van der Waals surface area contributed by atoms with Crippen molar-refractivity contribution in [3.63, 3.8) is 0 Å². The maximum atomic E-state index is 3.43. The zero-order chi connectivity index (χ0) is 13.3. The van der Waals surface area contributed by atoms with Gasteiger partial charge in [-0.05, 0) is 56.8 Å². The number of nitrogens with zero attached hydrogens (tertiary/aromatic N) is 1. The van der Waals surface area contributed by atoms with Crippen LogP contribution in [0, 0.1) is 5.92 Å². The third-order valence-corrected chi connectivity index (χ3v) is 4.07. The van der Waals surface area contributed by atoms with E-state index in [4.69, 9.17) is 0 Å². The fourth-order valence-electron chi connectivity index (χ4n) is 3.06. The Kier molecular flexibility index (Phi) is 6.38. The van der Waals surface area contributed by atoms with Gasteiger partial charge in [0.25, 0.3) is 0 Å². The summed E-state index contributed by atoms with van der Waals surface area (Å²) in [7, 11) is 0. The van der Waals surface area contributed by atoms with Crippen molar-refractivity contribution < 1.29 is 0 Å². The van der Waals surface area contributed by atoms with Gasteiger partial charge in [-0.15, -0.1) is 0 Å². The van der Waals surface area contributed by atoms with Crippen LogP contribution in [-0.2, 0) is 6.54 Å². The summed E-state index contributed by atoms with van der Waals surface area (Å²) in [6, 6.07) is 10.9. The molecular formula is C17H28N2. The van der Waals surface area contributed by atoms with E-state index in [2.05, 4.69) is 47.5 Å². The van der Waals surface area contributed by atoms with Crippen LogP contribution in [0.1, 0.15) is 38.2 Å². The molecule has 0 saturated carbocycles. The van der Waals surface area contributed by atoms with Gasteiger partial charge in [0, 0.05) is 13.1 Å². The van der Waals surface area contributed by atoms with Gasteiger partial charge in [-0.2, -0.15) is 0 Å². The normalized spacial score (nSPS) is 20.6. The van der Waals surface area contributed by atoms with Crippen molar-refractivity contribution in [2.75, 3.05) is 26.2 Å². The molecule has 2 rings (SSSR count). The van der Waals surface area contributed by atoms with Crippen LogP contribution in [0.5, 0.6) is 0 Å². The molecule has 2 nitrogen and oxygen atoms in total. The van der Waals surface area contributed by atoms with Crippen LogP contribution < -0.4 is 5.32 Å². The molecule has 1 aliphatic rings. The van der Waals surface area contributed by atoms with Gasteiger partial charge in [0.05, 0.1) is 0 Å². The van der Waals surface area contributed by atoms with Gasteiger partial charge in [-0.25, -0.2) is 0 Å². The van der Waals surface area contributed by atoms with Crippen molar-refractivity contribution >= 4 is 0 Å². The minimum absolute atomic E-state index is 0.913. The van der Waals surface area contributed by atoms with E-state index in [1.807, 2.05) is 0 Å². The van der Waals surface area contributed by atoms with Crippen molar-refractivity contribution in [1.82, 2.24) is 10.2 Å². The monoisotopic (exact) mass is 260 g/mol. The third-order valence-electron chi connectivity index (χ3n) is 4.07. The first-order valence-corrected chi connectivity index (χ1v) is 7.85. The molecule has 0 unspecified atom stereocenters. The van der Waals surface area contributed by atoms with Gasteiger partial charge in [0.15, 0.2) is 0 Å². The van der Waals surface area contributed by atoms with Gasteiger partial charge in [0.2, 0.25) is 0 Å². The Balaban J connectivity index is 1.71. The first kappa shape index (κ1) is 14.5. The van der Waals surface area contributed by atoms with E-state index in [0.717, 1.165) is 19.0 Å². The number of hydrogen-bond acceptors (Lipinski definition) is 2. The Bertz CT molecular complexity index is 336. The first-order valence-electron chi connectivity index (χ1n) is 7.85. The van der Waals surface area contributed by atoms with Crippen LogP contribution in [0.3, 0.4) is 0 Å². The van der Waals surface area contributed by atoms with Gasteiger partial charge < -0.3 is 5.32 Å². The second kappa shape index (κ2) is 8.34. The zero-order valence-corrected chi connectivity index (χ0v) is 12.3. The molecule has 1 saturated heterocycles. The molecule has 1 aliphatic heterocycles. The average Bonchev–Trinajstić information content (AvgIpc) is 2.45. The molecule has 0 bridgehead atoms. The third kappa shape index (κ3) is 5.33. The van der Waals surface area contributed by atoms with Crippen molar-refractivity contribution in [2.24, 2.45) is 5.92 Å². The number of nitrogens with one attached hydrogen (secondary N) is 1. The standard InChI is InChI=1S/C17H28N2/c1-2-18-12-6-10-17-11-7-13-19(15-17)14-16-8-4-3-5-9-16/h3-5,8-9,17-18H,2,6-7,10-15H2,1H3/t17-/m1/s1. The fraction of sp³-hybridized carbons (Fsp3) is 0.647. The summed E-state index contributed by atoms with van der Waals surface area (Å²) in [6.45, 7) is 8.17. The quantitative estimate of drug-likeness (QED) is 0.757. The summed E-state index contributed by atoms with van der Waals surface area (Å²) in [5, 5.41) is 3.43. The van der Waals surface area contributed by atoms with E-state index in [-0.39, 0.29) is 0 Å². The van der Waals surface area contributed by atoms with Crippen LogP contribution in [0.25, 0.3) is 0 Å². The molecule has 1 atom stereocenters. The molecular weight excluding hydrogens is 232 g/mol. The van der Waals surface area contributed by atoms with Crippen molar-refractivity contribution in [1.29, 1.82) is 0 Å². The predicted octanol–water partition coefficient (Wildman–Crippen LogP) is 3.29. The highest BCUT2D eigenvalue weighted by Gasteiger charge is 2.19. The topological polar surface area (TPSA) is 15.3 Å². The molecule has 1 N–H and O–H groups in total. The lowest BCUT2D eigenvalue weighted by molar-refractivity contribution is 0.160. The van der Waals surface area contributed by atoms with Gasteiger partial charge in [0.1, 0.15) is 0 Å². The van der Waals surface area contributed by atoms with Crippen LogP contribution in [0.4, 0.5) is 0 Å². The highest BCUT2D eigenvalue weighted by molar-refractivity contribution is 5.14. The molecule has 1 aromatic rings. The average molecular weight is 260 g/mol. The summed E-state index contributed by atoms with van der Waals surface area (Å²) < 4.78 is 0. The Hall–Kier alpha value is -0.860. The second-order valence-electron chi connectivity index (χ2n) is 5.72. The lowest BCUT2D eigenvalue weighted by atomic mass is 9.93. The maximum Gasteiger partial charge on any atom is 0.0233 e. The number of likely N-dealkylation sites (tertiary alicyclic amines) is 1. The summed E-state index contributed by atoms with van der Waals surface area (Å²) >= 11 is 0. The fourth-order valence-corrected chi connectivity index (χ4v) is 3.06. The second-order valence-corrected chi connectivity index (χ2v) is 5.72. The Labute approximate surface area is 118 Å². The molecule has 0 aliphatic carbocycles. The van der Waals surface area contributed by atoms with E-state index < -0.39 is 0 Å². The lowest BCUT2D eigenvalue weighted by Gasteiger charge is -2.32. The highest BCUT2D eigenvalue weighted by Crippen LogP contribution is 2.22. The lowest BCUT2D eigenvalue weighted by Crippen LogP contribution is -2.35. The number of hydrogen-bond donors (Lipinski definition) is 1. The Morgan fingerprint density at radius 2 is 2.11 bits per heavy atom. The molecule has 1 aromatic carbocycles. The maximum absolute atomic E-state index is 3.43. The van der Waals surface area contributed by atoms with Crippen LogP contribution >= 0.6 is 0 Å². The van der Waals surface area contributed by atoms with Crippen LogP contribution in [-0.4, -0.2) is 31.1 Å². The highest BCUT2D eigenvalue weighted by atomic mass is 15.1. The molecule has 0 aromatic heterocycles. The molecule has 19 heavy (non-hydrogen) atoms.